The van der Waals surface area contributed by atoms with Crippen LogP contribution in [0.3, 0.4) is 0 Å². The summed E-state index contributed by atoms with van der Waals surface area (Å²) in [4.78, 5) is 14.3. The van der Waals surface area contributed by atoms with Crippen molar-refractivity contribution in [3.05, 3.63) is 0 Å². The van der Waals surface area contributed by atoms with Crippen LogP contribution >= 0.6 is 0 Å². The van der Waals surface area contributed by atoms with Gasteiger partial charge in [0.15, 0.2) is 0 Å². The molecule has 1 heterocycles. The van der Waals surface area contributed by atoms with Gasteiger partial charge in [-0.1, -0.05) is 0 Å². The van der Waals surface area contributed by atoms with Crippen LogP contribution in [0.5, 0.6) is 0 Å². The first-order chi connectivity index (χ1) is 10.1. The Hall–Kier alpha value is -0.570. The van der Waals surface area contributed by atoms with E-state index in [1.54, 1.807) is 0 Å². The average Bonchev–Trinajstić information content (AvgIpc) is 2.97. The molecular formula is C18H30N2O. The molecule has 0 aromatic carbocycles. The Bertz CT molecular complexity index is 378. The number of nitrogens with zero attached hydrogens (tertiary/aromatic N) is 1. The third-order valence-corrected chi connectivity index (χ3v) is 7.02. The summed E-state index contributed by atoms with van der Waals surface area (Å²) in [5.74, 6) is 3.31. The Morgan fingerprint density at radius 3 is 2.14 bits per heavy atom. The zero-order valence-electron chi connectivity index (χ0n) is 13.4. The molecule has 1 aliphatic heterocycles. The molecule has 5 rings (SSSR count). The molecule has 0 radical (unpaired) electrons. The number of carbonyl (C=O) groups is 1. The highest BCUT2D eigenvalue weighted by atomic mass is 16.2. The molecule has 0 spiro atoms. The van der Waals surface area contributed by atoms with Gasteiger partial charge in [0.25, 0.3) is 0 Å². The van der Waals surface area contributed by atoms with Crippen molar-refractivity contribution >= 4 is 5.91 Å². The molecule has 3 nitrogen and oxygen atoms in total. The lowest BCUT2D eigenvalue weighted by Gasteiger charge is -2.59. The van der Waals surface area contributed by atoms with E-state index in [4.69, 9.17) is 0 Å². The minimum absolute atomic E-state index is 0.323. The van der Waals surface area contributed by atoms with Crippen LogP contribution in [-0.2, 0) is 4.79 Å². The summed E-state index contributed by atoms with van der Waals surface area (Å²) in [5, 5.41) is 3.63. The molecule has 4 saturated carbocycles. The van der Waals surface area contributed by atoms with Crippen LogP contribution < -0.4 is 5.32 Å². The van der Waals surface area contributed by atoms with Crippen molar-refractivity contribution in [3.63, 3.8) is 0 Å². The van der Waals surface area contributed by atoms with Gasteiger partial charge in [-0.3, -0.25) is 4.79 Å². The maximum atomic E-state index is 12.2. The SMILES string of the molecule is CC(NCC(=O)N1CCCC1)C12CC3CC(CC(C3)C1)C2. The van der Waals surface area contributed by atoms with Crippen molar-refractivity contribution in [1.82, 2.24) is 10.2 Å². The summed E-state index contributed by atoms with van der Waals surface area (Å²) in [6.45, 7) is 4.87. The Labute approximate surface area is 128 Å². The number of carbonyl (C=O) groups excluding carboxylic acids is 1. The summed E-state index contributed by atoms with van der Waals surface area (Å²) in [7, 11) is 0. The molecule has 3 heteroatoms. The highest BCUT2D eigenvalue weighted by Gasteiger charge is 2.53. The molecule has 118 valence electrons. The first-order valence-electron chi connectivity index (χ1n) is 9.16. The minimum atomic E-state index is 0.323. The number of nitrogens with one attached hydrogen (secondary N) is 1. The largest absolute Gasteiger partial charge is 0.342 e. The predicted octanol–water partition coefficient (Wildman–Crippen LogP) is 2.80. The lowest BCUT2D eigenvalue weighted by atomic mass is 9.48. The molecule has 1 saturated heterocycles. The van der Waals surface area contributed by atoms with E-state index in [2.05, 4.69) is 12.2 Å². The molecule has 1 amide bonds. The van der Waals surface area contributed by atoms with Gasteiger partial charge in [0.2, 0.25) is 5.91 Å². The molecular weight excluding hydrogens is 260 g/mol. The Morgan fingerprint density at radius 2 is 1.62 bits per heavy atom. The van der Waals surface area contributed by atoms with E-state index >= 15 is 0 Å². The third-order valence-electron chi connectivity index (χ3n) is 7.02. The molecule has 0 aromatic heterocycles. The summed E-state index contributed by atoms with van der Waals surface area (Å²) in [6.07, 6.45) is 11.1. The molecule has 21 heavy (non-hydrogen) atoms. The van der Waals surface area contributed by atoms with Crippen molar-refractivity contribution in [2.75, 3.05) is 19.6 Å². The summed E-state index contributed by atoms with van der Waals surface area (Å²) >= 11 is 0. The van der Waals surface area contributed by atoms with E-state index in [-0.39, 0.29) is 0 Å². The standard InChI is InChI=1S/C18H30N2O/c1-13(19-12-17(21)20-4-2-3-5-20)18-9-14-6-15(10-18)8-16(7-14)11-18/h13-16,19H,2-12H2,1H3. The van der Waals surface area contributed by atoms with Crippen molar-refractivity contribution in [2.45, 2.75) is 64.3 Å². The first-order valence-corrected chi connectivity index (χ1v) is 9.16. The van der Waals surface area contributed by atoms with Crippen LogP contribution in [-0.4, -0.2) is 36.5 Å². The third kappa shape index (κ3) is 2.52. The van der Waals surface area contributed by atoms with E-state index in [0.29, 0.717) is 23.9 Å². The van der Waals surface area contributed by atoms with Gasteiger partial charge in [-0.15, -0.1) is 0 Å². The van der Waals surface area contributed by atoms with Crippen LogP contribution in [0.1, 0.15) is 58.3 Å². The van der Waals surface area contributed by atoms with E-state index in [1.807, 2.05) is 4.90 Å². The number of hydrogen-bond donors (Lipinski definition) is 1. The number of amides is 1. The second-order valence-corrected chi connectivity index (χ2v) is 8.47. The maximum absolute atomic E-state index is 12.2. The van der Waals surface area contributed by atoms with E-state index < -0.39 is 0 Å². The summed E-state index contributed by atoms with van der Waals surface area (Å²) in [6, 6.07) is 0.512. The molecule has 1 atom stereocenters. The highest BCUT2D eigenvalue weighted by Crippen LogP contribution is 2.61. The smallest absolute Gasteiger partial charge is 0.236 e. The van der Waals surface area contributed by atoms with Gasteiger partial charge in [0.1, 0.15) is 0 Å². The van der Waals surface area contributed by atoms with Gasteiger partial charge in [-0.2, -0.15) is 0 Å². The molecule has 4 bridgehead atoms. The van der Waals surface area contributed by atoms with Crippen LogP contribution in [0.2, 0.25) is 0 Å². The lowest BCUT2D eigenvalue weighted by Crippen LogP contribution is -2.56. The van der Waals surface area contributed by atoms with Crippen LogP contribution in [0.15, 0.2) is 0 Å². The zero-order chi connectivity index (χ0) is 14.4. The number of hydrogen-bond acceptors (Lipinski definition) is 2. The van der Waals surface area contributed by atoms with Gasteiger partial charge in [0.05, 0.1) is 6.54 Å². The summed E-state index contributed by atoms with van der Waals surface area (Å²) in [5.41, 5.74) is 0.514. The van der Waals surface area contributed by atoms with E-state index in [0.717, 1.165) is 30.8 Å². The fraction of sp³-hybridized carbons (Fsp3) is 0.944. The summed E-state index contributed by atoms with van der Waals surface area (Å²) < 4.78 is 0. The predicted molar refractivity (Wildman–Crippen MR) is 83.9 cm³/mol. The monoisotopic (exact) mass is 290 g/mol. The van der Waals surface area contributed by atoms with Crippen LogP contribution in [0, 0.1) is 23.2 Å². The van der Waals surface area contributed by atoms with Crippen LogP contribution in [0.4, 0.5) is 0 Å². The van der Waals surface area contributed by atoms with E-state index in [1.165, 1.54) is 51.4 Å². The topological polar surface area (TPSA) is 32.3 Å². The van der Waals surface area contributed by atoms with Crippen molar-refractivity contribution in [2.24, 2.45) is 23.2 Å². The quantitative estimate of drug-likeness (QED) is 0.863. The Kier molecular flexibility index (Phi) is 3.52. The second-order valence-electron chi connectivity index (χ2n) is 8.47. The zero-order valence-corrected chi connectivity index (χ0v) is 13.4. The Balaban J connectivity index is 1.36. The number of likely N-dealkylation sites (tertiary alicyclic amines) is 1. The van der Waals surface area contributed by atoms with Crippen molar-refractivity contribution < 1.29 is 4.79 Å². The molecule has 5 aliphatic rings. The van der Waals surface area contributed by atoms with Gasteiger partial charge in [-0.25, -0.2) is 0 Å². The van der Waals surface area contributed by atoms with Gasteiger partial charge < -0.3 is 10.2 Å². The van der Waals surface area contributed by atoms with Crippen molar-refractivity contribution in [1.29, 1.82) is 0 Å². The second kappa shape index (κ2) is 5.26. The normalized spacial score (nSPS) is 42.5. The van der Waals surface area contributed by atoms with E-state index in [9.17, 15) is 4.79 Å². The molecule has 4 aliphatic carbocycles. The fourth-order valence-electron chi connectivity index (χ4n) is 6.24. The van der Waals surface area contributed by atoms with Gasteiger partial charge in [0, 0.05) is 19.1 Å². The van der Waals surface area contributed by atoms with Crippen molar-refractivity contribution in [3.8, 4) is 0 Å². The van der Waals surface area contributed by atoms with Gasteiger partial charge in [-0.05, 0) is 81.5 Å². The minimum Gasteiger partial charge on any atom is -0.342 e. The Morgan fingerprint density at radius 1 is 1.10 bits per heavy atom. The molecule has 5 fully saturated rings. The molecule has 0 aromatic rings. The van der Waals surface area contributed by atoms with Gasteiger partial charge >= 0.3 is 0 Å². The highest BCUT2D eigenvalue weighted by molar-refractivity contribution is 5.78. The first kappa shape index (κ1) is 14.0. The fourth-order valence-corrected chi connectivity index (χ4v) is 6.24. The number of rotatable bonds is 4. The maximum Gasteiger partial charge on any atom is 0.236 e. The molecule has 1 unspecified atom stereocenters. The lowest BCUT2D eigenvalue weighted by molar-refractivity contribution is -0.130. The average molecular weight is 290 g/mol. The molecule has 1 N–H and O–H groups in total. The van der Waals surface area contributed by atoms with Crippen LogP contribution in [0.25, 0.3) is 0 Å².